The highest BCUT2D eigenvalue weighted by atomic mass is 35.5. The van der Waals surface area contributed by atoms with Gasteiger partial charge in [-0.05, 0) is 50.6 Å². The Labute approximate surface area is 232 Å². The van der Waals surface area contributed by atoms with Crippen LogP contribution in [-0.4, -0.2) is 36.3 Å². The SMILES string of the molecule is CCOC(=O)COc1ccc(/C=c2\sc3n(c2=O)[C@@H](c2cccc(Cl)c2Cl)C(C(=O)OCC)=C(C)N=3)cc1. The molecule has 0 bridgehead atoms. The van der Waals surface area contributed by atoms with Crippen LogP contribution in [0.4, 0.5) is 0 Å². The number of esters is 2. The normalized spacial score (nSPS) is 15.1. The summed E-state index contributed by atoms with van der Waals surface area (Å²) >= 11 is 14.0. The minimum Gasteiger partial charge on any atom is -0.482 e. The molecule has 0 amide bonds. The van der Waals surface area contributed by atoms with Crippen LogP contribution in [0.3, 0.4) is 0 Å². The lowest BCUT2D eigenvalue weighted by Gasteiger charge is -2.25. The van der Waals surface area contributed by atoms with E-state index in [0.29, 0.717) is 31.4 Å². The molecule has 0 fully saturated rings. The number of rotatable bonds is 8. The highest BCUT2D eigenvalue weighted by molar-refractivity contribution is 7.07. The maximum absolute atomic E-state index is 13.7. The summed E-state index contributed by atoms with van der Waals surface area (Å²) in [5.41, 5.74) is 1.54. The van der Waals surface area contributed by atoms with Crippen LogP contribution >= 0.6 is 34.5 Å². The van der Waals surface area contributed by atoms with Crippen LogP contribution in [0.15, 0.2) is 63.5 Å². The quantitative estimate of drug-likeness (QED) is 0.377. The zero-order chi connectivity index (χ0) is 27.4. The van der Waals surface area contributed by atoms with Gasteiger partial charge < -0.3 is 14.2 Å². The van der Waals surface area contributed by atoms with Gasteiger partial charge in [-0.25, -0.2) is 14.6 Å². The number of fused-ring (bicyclic) bond motifs is 1. The lowest BCUT2D eigenvalue weighted by molar-refractivity contribution is -0.145. The zero-order valence-electron chi connectivity index (χ0n) is 20.8. The number of hydrogen-bond acceptors (Lipinski definition) is 8. The van der Waals surface area contributed by atoms with Gasteiger partial charge in [-0.1, -0.05) is 58.8 Å². The van der Waals surface area contributed by atoms with Crippen LogP contribution in [0.5, 0.6) is 5.75 Å². The number of ether oxygens (including phenoxy) is 3. The Balaban J connectivity index is 1.77. The van der Waals surface area contributed by atoms with Crippen molar-refractivity contribution in [1.29, 1.82) is 0 Å². The average Bonchev–Trinajstić information content (AvgIpc) is 3.19. The third-order valence-electron chi connectivity index (χ3n) is 5.63. The smallest absolute Gasteiger partial charge is 0.344 e. The first-order valence-electron chi connectivity index (χ1n) is 11.8. The lowest BCUT2D eigenvalue weighted by atomic mass is 9.96. The third-order valence-corrected chi connectivity index (χ3v) is 7.45. The Bertz CT molecular complexity index is 1590. The number of carbonyl (C=O) groups excluding carboxylic acids is 2. The van der Waals surface area contributed by atoms with Crippen molar-refractivity contribution in [3.05, 3.63) is 94.6 Å². The van der Waals surface area contributed by atoms with E-state index in [9.17, 15) is 14.4 Å². The third kappa shape index (κ3) is 5.70. The van der Waals surface area contributed by atoms with E-state index in [1.807, 2.05) is 0 Å². The van der Waals surface area contributed by atoms with Crippen molar-refractivity contribution < 1.29 is 23.8 Å². The maximum Gasteiger partial charge on any atom is 0.344 e. The second-order valence-corrected chi connectivity index (χ2v) is 9.90. The number of halogens is 2. The predicted octanol–water partition coefficient (Wildman–Crippen LogP) is 4.05. The van der Waals surface area contributed by atoms with Crippen LogP contribution in [0.25, 0.3) is 6.08 Å². The zero-order valence-corrected chi connectivity index (χ0v) is 23.2. The van der Waals surface area contributed by atoms with Crippen molar-refractivity contribution in [2.24, 2.45) is 4.99 Å². The second kappa shape index (κ2) is 12.0. The fourth-order valence-corrected chi connectivity index (χ4v) is 5.43. The molecule has 11 heteroatoms. The van der Waals surface area contributed by atoms with Gasteiger partial charge >= 0.3 is 11.9 Å². The van der Waals surface area contributed by atoms with Gasteiger partial charge in [0.05, 0.1) is 39.1 Å². The van der Waals surface area contributed by atoms with E-state index >= 15 is 0 Å². The first-order valence-corrected chi connectivity index (χ1v) is 13.3. The standard InChI is InChI=1S/C27H24Cl2N2O6S/c1-4-35-21(32)14-37-17-11-9-16(10-12-17)13-20-25(33)31-24(18-7-6-8-19(28)23(18)29)22(26(34)36-5-2)15(3)30-27(31)38-20/h6-13,24H,4-5,14H2,1-3H3/b20-13-/t24-/m0/s1. The molecule has 1 atom stereocenters. The van der Waals surface area contributed by atoms with E-state index in [1.165, 1.54) is 15.9 Å². The van der Waals surface area contributed by atoms with E-state index in [0.717, 1.165) is 5.56 Å². The van der Waals surface area contributed by atoms with Crippen molar-refractivity contribution in [2.45, 2.75) is 26.8 Å². The number of allylic oxidation sites excluding steroid dienone is 1. The Hall–Kier alpha value is -3.40. The van der Waals surface area contributed by atoms with Crippen molar-refractivity contribution in [1.82, 2.24) is 4.57 Å². The van der Waals surface area contributed by atoms with Gasteiger partial charge in [0.25, 0.3) is 5.56 Å². The molecule has 8 nitrogen and oxygen atoms in total. The van der Waals surface area contributed by atoms with Gasteiger partial charge in [-0.2, -0.15) is 0 Å². The monoisotopic (exact) mass is 574 g/mol. The molecule has 0 spiro atoms. The van der Waals surface area contributed by atoms with Gasteiger partial charge in [0.2, 0.25) is 0 Å². The van der Waals surface area contributed by atoms with Gasteiger partial charge in [0, 0.05) is 5.56 Å². The van der Waals surface area contributed by atoms with Crippen LogP contribution in [0.2, 0.25) is 10.0 Å². The van der Waals surface area contributed by atoms with Gasteiger partial charge in [-0.15, -0.1) is 0 Å². The molecular formula is C27H24Cl2N2O6S. The van der Waals surface area contributed by atoms with E-state index in [2.05, 4.69) is 4.99 Å². The number of thiazole rings is 1. The number of benzene rings is 2. The molecule has 0 radical (unpaired) electrons. The summed E-state index contributed by atoms with van der Waals surface area (Å²) in [5.74, 6) is -0.547. The molecule has 198 valence electrons. The van der Waals surface area contributed by atoms with Crippen molar-refractivity contribution in [3.63, 3.8) is 0 Å². The van der Waals surface area contributed by atoms with Crippen LogP contribution in [0, 0.1) is 0 Å². The molecule has 2 aromatic carbocycles. The Kier molecular flexibility index (Phi) is 8.71. The summed E-state index contributed by atoms with van der Waals surface area (Å²) in [6.07, 6.45) is 1.72. The predicted molar refractivity (Wildman–Crippen MR) is 145 cm³/mol. The summed E-state index contributed by atoms with van der Waals surface area (Å²) in [5, 5.41) is 0.540. The Morgan fingerprint density at radius 2 is 1.79 bits per heavy atom. The fourth-order valence-electron chi connectivity index (χ4n) is 3.97. The van der Waals surface area contributed by atoms with Crippen LogP contribution < -0.4 is 19.6 Å². The molecule has 1 aliphatic rings. The molecule has 0 aliphatic carbocycles. The molecule has 0 N–H and O–H groups in total. The summed E-state index contributed by atoms with van der Waals surface area (Å²) in [7, 11) is 0. The highest BCUT2D eigenvalue weighted by Crippen LogP contribution is 2.37. The highest BCUT2D eigenvalue weighted by Gasteiger charge is 2.34. The van der Waals surface area contributed by atoms with E-state index in [1.54, 1.807) is 69.3 Å². The van der Waals surface area contributed by atoms with E-state index in [-0.39, 0.29) is 36.0 Å². The number of aromatic nitrogens is 1. The minimum absolute atomic E-state index is 0.162. The topological polar surface area (TPSA) is 96.2 Å². The average molecular weight is 575 g/mol. The van der Waals surface area contributed by atoms with Crippen molar-refractivity contribution >= 4 is 52.6 Å². The minimum atomic E-state index is -0.864. The summed E-state index contributed by atoms with van der Waals surface area (Å²) < 4.78 is 17.4. The van der Waals surface area contributed by atoms with Crippen molar-refractivity contribution in [2.75, 3.05) is 19.8 Å². The van der Waals surface area contributed by atoms with Crippen molar-refractivity contribution in [3.8, 4) is 5.75 Å². The molecule has 3 aromatic rings. The first-order chi connectivity index (χ1) is 18.2. The van der Waals surface area contributed by atoms with Gasteiger partial charge in [-0.3, -0.25) is 9.36 Å². The molecule has 1 aliphatic heterocycles. The first kappa shape index (κ1) is 27.6. The maximum atomic E-state index is 13.7. The largest absolute Gasteiger partial charge is 0.482 e. The molecule has 2 heterocycles. The van der Waals surface area contributed by atoms with Gasteiger partial charge in [0.15, 0.2) is 11.4 Å². The molecule has 0 saturated heterocycles. The number of hydrogen-bond donors (Lipinski definition) is 0. The summed E-state index contributed by atoms with van der Waals surface area (Å²) in [6, 6.07) is 11.1. The van der Waals surface area contributed by atoms with Crippen LogP contribution in [0.1, 0.15) is 37.9 Å². The Morgan fingerprint density at radius 1 is 1.08 bits per heavy atom. The summed E-state index contributed by atoms with van der Waals surface area (Å²) in [6.45, 7) is 5.38. The van der Waals surface area contributed by atoms with Gasteiger partial charge in [0.1, 0.15) is 11.8 Å². The molecule has 0 unspecified atom stereocenters. The molecule has 1 aromatic heterocycles. The lowest BCUT2D eigenvalue weighted by Crippen LogP contribution is -2.40. The second-order valence-electron chi connectivity index (χ2n) is 8.11. The van der Waals surface area contributed by atoms with Crippen LogP contribution in [-0.2, 0) is 19.1 Å². The fraction of sp³-hybridized carbons (Fsp3) is 0.259. The molecule has 0 saturated carbocycles. The molecule has 38 heavy (non-hydrogen) atoms. The number of carbonyl (C=O) groups is 2. The Morgan fingerprint density at radius 3 is 2.47 bits per heavy atom. The number of nitrogens with zero attached hydrogens (tertiary/aromatic N) is 2. The van der Waals surface area contributed by atoms with E-state index in [4.69, 9.17) is 37.4 Å². The molecule has 4 rings (SSSR count). The summed E-state index contributed by atoms with van der Waals surface area (Å²) in [4.78, 5) is 43.2. The van der Waals surface area contributed by atoms with E-state index < -0.39 is 18.0 Å². The molecular weight excluding hydrogens is 551 g/mol.